The fraction of sp³-hybridized carbons (Fsp3) is 0.412. The summed E-state index contributed by atoms with van der Waals surface area (Å²) in [5.74, 6) is 2.19. The number of nitrogens with one attached hydrogen (secondary N) is 2. The molecule has 7 heteroatoms. The number of nitrogens with zero attached hydrogens (tertiary/aromatic N) is 2. The molecule has 0 amide bonds. The number of rotatable bonds is 6. The molecule has 0 aliphatic heterocycles. The molecule has 0 saturated carbocycles. The smallest absolute Gasteiger partial charge is 0.191 e. The molecule has 6 nitrogen and oxygen atoms in total. The number of thiazole rings is 1. The number of hydrogen-bond acceptors (Lipinski definition) is 5. The third kappa shape index (κ3) is 4.61. The van der Waals surface area contributed by atoms with Gasteiger partial charge in [0.2, 0.25) is 0 Å². The number of ether oxygens (including phenoxy) is 2. The van der Waals surface area contributed by atoms with Gasteiger partial charge in [-0.3, -0.25) is 4.99 Å². The van der Waals surface area contributed by atoms with E-state index >= 15 is 0 Å². The fourth-order valence-electron chi connectivity index (χ4n) is 2.30. The van der Waals surface area contributed by atoms with E-state index in [1.54, 1.807) is 32.6 Å². The van der Waals surface area contributed by atoms with Crippen LogP contribution in [0.25, 0.3) is 0 Å². The number of benzene rings is 1. The molecular formula is C17H24N4O2S. The summed E-state index contributed by atoms with van der Waals surface area (Å²) >= 11 is 1.70. The Morgan fingerprint density at radius 3 is 2.42 bits per heavy atom. The average molecular weight is 348 g/mol. The van der Waals surface area contributed by atoms with Gasteiger partial charge in [0.1, 0.15) is 0 Å². The zero-order valence-corrected chi connectivity index (χ0v) is 15.6. The van der Waals surface area contributed by atoms with Crippen LogP contribution in [0.2, 0.25) is 0 Å². The van der Waals surface area contributed by atoms with Gasteiger partial charge >= 0.3 is 0 Å². The Balaban J connectivity index is 1.93. The van der Waals surface area contributed by atoms with Crippen LogP contribution >= 0.6 is 11.3 Å². The van der Waals surface area contributed by atoms with Crippen LogP contribution in [0.4, 0.5) is 0 Å². The molecule has 1 aromatic heterocycles. The van der Waals surface area contributed by atoms with E-state index in [0.29, 0.717) is 13.1 Å². The van der Waals surface area contributed by atoms with E-state index in [1.165, 1.54) is 4.88 Å². The third-order valence-corrected chi connectivity index (χ3v) is 4.62. The van der Waals surface area contributed by atoms with E-state index in [1.807, 2.05) is 32.0 Å². The Kier molecular flexibility index (Phi) is 6.43. The number of aryl methyl sites for hydroxylation is 2. The standard InChI is InChI=1S/C17H24N4O2S/c1-11-16(24-12(2)21-11)10-20-17(18-3)19-9-13-6-7-14(22-4)15(8-13)23-5/h6-8H,9-10H2,1-5H3,(H2,18,19,20). The molecule has 0 radical (unpaired) electrons. The third-order valence-electron chi connectivity index (χ3n) is 3.55. The van der Waals surface area contributed by atoms with Crippen molar-refractivity contribution in [3.8, 4) is 11.5 Å². The lowest BCUT2D eigenvalue weighted by Crippen LogP contribution is -2.36. The van der Waals surface area contributed by atoms with E-state index in [-0.39, 0.29) is 0 Å². The van der Waals surface area contributed by atoms with Gasteiger partial charge in [-0.05, 0) is 31.5 Å². The number of guanidine groups is 1. The van der Waals surface area contributed by atoms with Crippen molar-refractivity contribution in [2.45, 2.75) is 26.9 Å². The topological polar surface area (TPSA) is 67.8 Å². The highest BCUT2D eigenvalue weighted by Gasteiger charge is 2.07. The first-order chi connectivity index (χ1) is 11.6. The molecule has 0 saturated heterocycles. The minimum atomic E-state index is 0.640. The van der Waals surface area contributed by atoms with E-state index in [0.717, 1.165) is 33.7 Å². The van der Waals surface area contributed by atoms with Crippen LogP contribution in [0.15, 0.2) is 23.2 Å². The SMILES string of the molecule is CN=C(NCc1ccc(OC)c(OC)c1)NCc1sc(C)nc1C. The van der Waals surface area contributed by atoms with Crippen LogP contribution in [0.3, 0.4) is 0 Å². The predicted octanol–water partition coefficient (Wildman–Crippen LogP) is 2.64. The van der Waals surface area contributed by atoms with Crippen LogP contribution in [0.1, 0.15) is 21.1 Å². The Hall–Kier alpha value is -2.28. The van der Waals surface area contributed by atoms with Gasteiger partial charge in [-0.2, -0.15) is 0 Å². The van der Waals surface area contributed by atoms with Crippen molar-refractivity contribution in [3.63, 3.8) is 0 Å². The summed E-state index contributed by atoms with van der Waals surface area (Å²) in [5.41, 5.74) is 2.15. The molecule has 1 heterocycles. The highest BCUT2D eigenvalue weighted by molar-refractivity contribution is 7.11. The van der Waals surface area contributed by atoms with Crippen LogP contribution in [0, 0.1) is 13.8 Å². The minimum Gasteiger partial charge on any atom is -0.493 e. The number of aromatic nitrogens is 1. The highest BCUT2D eigenvalue weighted by atomic mass is 32.1. The van der Waals surface area contributed by atoms with Gasteiger partial charge in [0, 0.05) is 18.5 Å². The predicted molar refractivity (Wildman–Crippen MR) is 98.2 cm³/mol. The Labute approximate surface area is 146 Å². The molecule has 0 aliphatic carbocycles. The minimum absolute atomic E-state index is 0.640. The number of aliphatic imine (C=N–C) groups is 1. The van der Waals surface area contributed by atoms with Crippen molar-refractivity contribution in [2.24, 2.45) is 4.99 Å². The highest BCUT2D eigenvalue weighted by Crippen LogP contribution is 2.27. The van der Waals surface area contributed by atoms with Crippen LogP contribution < -0.4 is 20.1 Å². The second-order valence-corrected chi connectivity index (χ2v) is 6.50. The van der Waals surface area contributed by atoms with Gasteiger partial charge in [0.25, 0.3) is 0 Å². The van der Waals surface area contributed by atoms with Gasteiger partial charge in [-0.25, -0.2) is 4.98 Å². The molecule has 24 heavy (non-hydrogen) atoms. The van der Waals surface area contributed by atoms with E-state index in [4.69, 9.17) is 9.47 Å². The van der Waals surface area contributed by atoms with Gasteiger partial charge < -0.3 is 20.1 Å². The Morgan fingerprint density at radius 1 is 1.12 bits per heavy atom. The lowest BCUT2D eigenvalue weighted by molar-refractivity contribution is 0.354. The van der Waals surface area contributed by atoms with Gasteiger partial charge in [0.05, 0.1) is 31.5 Å². The van der Waals surface area contributed by atoms with Crippen LogP contribution in [-0.2, 0) is 13.1 Å². The Morgan fingerprint density at radius 2 is 1.83 bits per heavy atom. The monoisotopic (exact) mass is 348 g/mol. The molecule has 130 valence electrons. The lowest BCUT2D eigenvalue weighted by Gasteiger charge is -2.13. The van der Waals surface area contributed by atoms with Crippen molar-refractivity contribution >= 4 is 17.3 Å². The van der Waals surface area contributed by atoms with E-state index < -0.39 is 0 Å². The largest absolute Gasteiger partial charge is 0.493 e. The van der Waals surface area contributed by atoms with Crippen LogP contribution in [-0.4, -0.2) is 32.2 Å². The summed E-state index contributed by atoms with van der Waals surface area (Å²) in [6, 6.07) is 5.85. The fourth-order valence-corrected chi connectivity index (χ4v) is 3.18. The van der Waals surface area contributed by atoms with Gasteiger partial charge in [-0.1, -0.05) is 6.07 Å². The molecule has 2 aromatic rings. The molecule has 1 aromatic carbocycles. The molecule has 0 spiro atoms. The van der Waals surface area contributed by atoms with Crippen LogP contribution in [0.5, 0.6) is 11.5 Å². The zero-order valence-electron chi connectivity index (χ0n) is 14.8. The summed E-state index contributed by atoms with van der Waals surface area (Å²) in [7, 11) is 5.02. The summed E-state index contributed by atoms with van der Waals surface area (Å²) in [4.78, 5) is 9.91. The second-order valence-electron chi connectivity index (χ2n) is 5.21. The zero-order chi connectivity index (χ0) is 17.5. The normalized spacial score (nSPS) is 11.3. The molecule has 2 rings (SSSR count). The molecule has 0 unspecified atom stereocenters. The maximum absolute atomic E-state index is 5.33. The quantitative estimate of drug-likeness (QED) is 0.620. The summed E-state index contributed by atoms with van der Waals surface area (Å²) < 4.78 is 10.6. The van der Waals surface area contributed by atoms with Crippen molar-refractivity contribution in [1.29, 1.82) is 0 Å². The first-order valence-electron chi connectivity index (χ1n) is 7.65. The van der Waals surface area contributed by atoms with Gasteiger partial charge in [-0.15, -0.1) is 11.3 Å². The lowest BCUT2D eigenvalue weighted by atomic mass is 10.2. The summed E-state index contributed by atoms with van der Waals surface area (Å²) in [6.45, 7) is 5.40. The number of methoxy groups -OCH3 is 2. The first kappa shape index (κ1) is 18.1. The maximum atomic E-state index is 5.33. The van der Waals surface area contributed by atoms with Crippen molar-refractivity contribution in [3.05, 3.63) is 39.3 Å². The first-order valence-corrected chi connectivity index (χ1v) is 8.47. The van der Waals surface area contributed by atoms with E-state index in [2.05, 4.69) is 20.6 Å². The molecular weight excluding hydrogens is 324 g/mol. The van der Waals surface area contributed by atoms with Crippen molar-refractivity contribution in [1.82, 2.24) is 15.6 Å². The second kappa shape index (κ2) is 8.54. The molecule has 0 atom stereocenters. The molecule has 0 fully saturated rings. The molecule has 2 N–H and O–H groups in total. The van der Waals surface area contributed by atoms with E-state index in [9.17, 15) is 0 Å². The molecule has 0 aliphatic rings. The Bertz CT molecular complexity index is 713. The summed E-state index contributed by atoms with van der Waals surface area (Å²) in [5, 5.41) is 7.69. The van der Waals surface area contributed by atoms with Gasteiger partial charge in [0.15, 0.2) is 17.5 Å². The summed E-state index contributed by atoms with van der Waals surface area (Å²) in [6.07, 6.45) is 0. The van der Waals surface area contributed by atoms with Crippen molar-refractivity contribution < 1.29 is 9.47 Å². The molecule has 0 bridgehead atoms. The average Bonchev–Trinajstić information content (AvgIpc) is 2.92. The van der Waals surface area contributed by atoms with Crippen molar-refractivity contribution in [2.75, 3.05) is 21.3 Å². The maximum Gasteiger partial charge on any atom is 0.191 e. The number of hydrogen-bond donors (Lipinski definition) is 2.